The third kappa shape index (κ3) is 3.71. The van der Waals surface area contributed by atoms with Gasteiger partial charge in [0, 0.05) is 13.1 Å². The van der Waals surface area contributed by atoms with Gasteiger partial charge >= 0.3 is 0 Å². The van der Waals surface area contributed by atoms with Gasteiger partial charge in [-0.1, -0.05) is 38.5 Å². The van der Waals surface area contributed by atoms with Gasteiger partial charge in [-0.15, -0.1) is 0 Å². The fourth-order valence-electron chi connectivity index (χ4n) is 3.12. The minimum atomic E-state index is -0.254. The van der Waals surface area contributed by atoms with Gasteiger partial charge in [0.1, 0.15) is 0 Å². The summed E-state index contributed by atoms with van der Waals surface area (Å²) in [6.07, 6.45) is 12.0. The first-order valence-corrected chi connectivity index (χ1v) is 7.75. The molecule has 0 aromatic heterocycles. The van der Waals surface area contributed by atoms with Crippen molar-refractivity contribution >= 4 is 5.91 Å². The molecule has 0 aliphatic heterocycles. The summed E-state index contributed by atoms with van der Waals surface area (Å²) in [7, 11) is 0. The van der Waals surface area contributed by atoms with Crippen molar-refractivity contribution in [2.45, 2.75) is 64.2 Å². The number of carbonyl (C=O) groups excluding carboxylic acids is 1. The van der Waals surface area contributed by atoms with Crippen LogP contribution >= 0.6 is 0 Å². The molecule has 0 atom stereocenters. The third-order valence-electron chi connectivity index (χ3n) is 4.70. The zero-order valence-corrected chi connectivity index (χ0v) is 11.5. The second-order valence-corrected chi connectivity index (χ2v) is 6.24. The Hall–Kier alpha value is -0.570. The van der Waals surface area contributed by atoms with Crippen LogP contribution in [-0.2, 0) is 4.79 Å². The maximum absolute atomic E-state index is 12.4. The van der Waals surface area contributed by atoms with E-state index in [0.29, 0.717) is 6.54 Å². The van der Waals surface area contributed by atoms with Crippen LogP contribution in [0.5, 0.6) is 0 Å². The monoisotopic (exact) mass is 252 g/mol. The molecule has 0 unspecified atom stereocenters. The minimum absolute atomic E-state index is 0.225. The zero-order valence-electron chi connectivity index (χ0n) is 11.5. The van der Waals surface area contributed by atoms with Crippen LogP contribution in [0.3, 0.4) is 0 Å². The molecule has 0 heterocycles. The lowest BCUT2D eigenvalue weighted by Gasteiger charge is -2.29. The van der Waals surface area contributed by atoms with Gasteiger partial charge in [0.2, 0.25) is 5.91 Å². The van der Waals surface area contributed by atoms with Gasteiger partial charge in [0.15, 0.2) is 0 Å². The number of hydrogen-bond donors (Lipinski definition) is 2. The molecule has 104 valence electrons. The number of rotatable bonds is 6. The number of amides is 1. The molecule has 0 aromatic carbocycles. The van der Waals surface area contributed by atoms with Crippen LogP contribution in [0, 0.1) is 11.3 Å². The molecular formula is C15H28N2O. The Morgan fingerprint density at radius 1 is 1.17 bits per heavy atom. The molecule has 2 aliphatic rings. The first-order valence-electron chi connectivity index (χ1n) is 7.75. The van der Waals surface area contributed by atoms with Gasteiger partial charge in [-0.05, 0) is 31.6 Å². The highest BCUT2D eigenvalue weighted by atomic mass is 16.2. The SMILES string of the molecule is NCC1(C(=O)NCCCC2CC2)CCCCCC1. The van der Waals surface area contributed by atoms with Gasteiger partial charge < -0.3 is 11.1 Å². The van der Waals surface area contributed by atoms with E-state index in [9.17, 15) is 4.79 Å². The highest BCUT2D eigenvalue weighted by molar-refractivity contribution is 5.82. The van der Waals surface area contributed by atoms with Crippen LogP contribution in [0.15, 0.2) is 0 Å². The van der Waals surface area contributed by atoms with Crippen molar-refractivity contribution < 1.29 is 4.79 Å². The van der Waals surface area contributed by atoms with Crippen molar-refractivity contribution in [1.82, 2.24) is 5.32 Å². The maximum atomic E-state index is 12.4. The predicted octanol–water partition coefficient (Wildman–Crippen LogP) is 2.59. The standard InChI is InChI=1S/C15H28N2O/c16-12-15(9-3-1-2-4-10-15)14(18)17-11-5-6-13-7-8-13/h13H,1-12,16H2,(H,17,18). The van der Waals surface area contributed by atoms with E-state index >= 15 is 0 Å². The molecule has 2 saturated carbocycles. The molecule has 18 heavy (non-hydrogen) atoms. The largest absolute Gasteiger partial charge is 0.356 e. The van der Waals surface area contributed by atoms with Crippen LogP contribution in [-0.4, -0.2) is 19.0 Å². The molecular weight excluding hydrogens is 224 g/mol. The van der Waals surface area contributed by atoms with Crippen LogP contribution < -0.4 is 11.1 Å². The van der Waals surface area contributed by atoms with Gasteiger partial charge in [0.05, 0.1) is 5.41 Å². The van der Waals surface area contributed by atoms with Crippen molar-refractivity contribution in [1.29, 1.82) is 0 Å². The van der Waals surface area contributed by atoms with E-state index < -0.39 is 0 Å². The summed E-state index contributed by atoms with van der Waals surface area (Å²) in [5, 5.41) is 3.14. The molecule has 2 aliphatic carbocycles. The molecule has 0 spiro atoms. The van der Waals surface area contributed by atoms with Crippen molar-refractivity contribution in [3.8, 4) is 0 Å². The van der Waals surface area contributed by atoms with E-state index in [4.69, 9.17) is 5.73 Å². The summed E-state index contributed by atoms with van der Waals surface area (Å²) in [6, 6.07) is 0. The Morgan fingerprint density at radius 3 is 2.39 bits per heavy atom. The van der Waals surface area contributed by atoms with E-state index in [1.54, 1.807) is 0 Å². The van der Waals surface area contributed by atoms with Crippen molar-refractivity contribution in [3.05, 3.63) is 0 Å². The Labute approximate surface area is 111 Å². The number of hydrogen-bond acceptors (Lipinski definition) is 2. The zero-order chi connectivity index (χ0) is 12.8. The van der Waals surface area contributed by atoms with E-state index in [0.717, 1.165) is 44.6 Å². The summed E-state index contributed by atoms with van der Waals surface area (Å²) in [5.41, 5.74) is 5.66. The first-order chi connectivity index (χ1) is 8.77. The molecule has 3 nitrogen and oxygen atoms in total. The maximum Gasteiger partial charge on any atom is 0.227 e. The van der Waals surface area contributed by atoms with Crippen LogP contribution in [0.1, 0.15) is 64.2 Å². The Bertz CT molecular complexity index is 266. The number of nitrogens with two attached hydrogens (primary N) is 1. The van der Waals surface area contributed by atoms with Crippen molar-refractivity contribution in [2.75, 3.05) is 13.1 Å². The minimum Gasteiger partial charge on any atom is -0.356 e. The molecule has 1 amide bonds. The quantitative estimate of drug-likeness (QED) is 0.564. The molecule has 3 heteroatoms. The summed E-state index contributed by atoms with van der Waals surface area (Å²) < 4.78 is 0. The normalized spacial score (nSPS) is 23.4. The lowest BCUT2D eigenvalue weighted by Crippen LogP contribution is -2.46. The van der Waals surface area contributed by atoms with Crippen LogP contribution in [0.2, 0.25) is 0 Å². The third-order valence-corrected chi connectivity index (χ3v) is 4.70. The second-order valence-electron chi connectivity index (χ2n) is 6.24. The molecule has 2 rings (SSSR count). The Balaban J connectivity index is 1.75. The molecule has 2 fully saturated rings. The molecule has 0 radical (unpaired) electrons. The molecule has 3 N–H and O–H groups in total. The first kappa shape index (κ1) is 13.9. The van der Waals surface area contributed by atoms with E-state index in [-0.39, 0.29) is 11.3 Å². The van der Waals surface area contributed by atoms with Crippen molar-refractivity contribution in [3.63, 3.8) is 0 Å². The number of carbonyl (C=O) groups is 1. The van der Waals surface area contributed by atoms with E-state index in [2.05, 4.69) is 5.32 Å². The van der Waals surface area contributed by atoms with Gasteiger partial charge in [-0.25, -0.2) is 0 Å². The van der Waals surface area contributed by atoms with E-state index in [1.165, 1.54) is 32.1 Å². The molecule has 0 saturated heterocycles. The van der Waals surface area contributed by atoms with Gasteiger partial charge in [-0.3, -0.25) is 4.79 Å². The Kier molecular flexibility index (Phi) is 5.04. The van der Waals surface area contributed by atoms with Gasteiger partial charge in [-0.2, -0.15) is 0 Å². The smallest absolute Gasteiger partial charge is 0.227 e. The van der Waals surface area contributed by atoms with Crippen molar-refractivity contribution in [2.24, 2.45) is 17.1 Å². The molecule has 0 aromatic rings. The second kappa shape index (κ2) is 6.55. The fraction of sp³-hybridized carbons (Fsp3) is 0.933. The lowest BCUT2D eigenvalue weighted by molar-refractivity contribution is -0.131. The average molecular weight is 252 g/mol. The summed E-state index contributed by atoms with van der Waals surface area (Å²) >= 11 is 0. The number of nitrogens with one attached hydrogen (secondary N) is 1. The fourth-order valence-corrected chi connectivity index (χ4v) is 3.12. The van der Waals surface area contributed by atoms with Crippen LogP contribution in [0.4, 0.5) is 0 Å². The highest BCUT2D eigenvalue weighted by Gasteiger charge is 2.36. The average Bonchev–Trinajstić information content (AvgIpc) is 3.21. The van der Waals surface area contributed by atoms with Gasteiger partial charge in [0.25, 0.3) is 0 Å². The van der Waals surface area contributed by atoms with E-state index in [1.807, 2.05) is 0 Å². The highest BCUT2D eigenvalue weighted by Crippen LogP contribution is 2.35. The lowest BCUT2D eigenvalue weighted by atomic mass is 9.79. The molecule has 0 bridgehead atoms. The summed E-state index contributed by atoms with van der Waals surface area (Å²) in [4.78, 5) is 12.4. The Morgan fingerprint density at radius 2 is 1.83 bits per heavy atom. The summed E-state index contributed by atoms with van der Waals surface area (Å²) in [5.74, 6) is 1.19. The summed E-state index contributed by atoms with van der Waals surface area (Å²) in [6.45, 7) is 1.36. The van der Waals surface area contributed by atoms with Crippen LogP contribution in [0.25, 0.3) is 0 Å². The topological polar surface area (TPSA) is 55.1 Å². The predicted molar refractivity (Wildman–Crippen MR) is 74.2 cm³/mol.